The number of rotatable bonds is 5. The smallest absolute Gasteiger partial charge is 0.251 e. The molecule has 0 aromatic heterocycles. The second-order valence-electron chi connectivity index (χ2n) is 4.26. The van der Waals surface area contributed by atoms with E-state index in [4.69, 9.17) is 11.5 Å². The van der Waals surface area contributed by atoms with Crippen LogP contribution in [0.2, 0.25) is 0 Å². The van der Waals surface area contributed by atoms with Crippen LogP contribution >= 0.6 is 0 Å². The molecule has 94 valence electrons. The molecule has 17 heavy (non-hydrogen) atoms. The maximum Gasteiger partial charge on any atom is 0.251 e. The quantitative estimate of drug-likeness (QED) is 0.684. The van der Waals surface area contributed by atoms with Gasteiger partial charge in [0.15, 0.2) is 0 Å². The lowest BCUT2D eigenvalue weighted by atomic mass is 10.1. The van der Waals surface area contributed by atoms with E-state index in [1.54, 1.807) is 18.2 Å². The predicted molar refractivity (Wildman–Crippen MR) is 71.7 cm³/mol. The molecule has 0 heterocycles. The van der Waals surface area contributed by atoms with Crippen LogP contribution in [0.3, 0.4) is 0 Å². The van der Waals surface area contributed by atoms with Crippen LogP contribution in [-0.4, -0.2) is 11.9 Å². The Morgan fingerprint density at radius 2 is 1.82 bits per heavy atom. The largest absolute Gasteiger partial charge is 0.399 e. The highest BCUT2D eigenvalue weighted by molar-refractivity contribution is 5.96. The molecule has 0 aliphatic carbocycles. The van der Waals surface area contributed by atoms with E-state index in [-0.39, 0.29) is 11.9 Å². The zero-order valence-corrected chi connectivity index (χ0v) is 10.5. The average molecular weight is 235 g/mol. The summed E-state index contributed by atoms with van der Waals surface area (Å²) >= 11 is 0. The Morgan fingerprint density at radius 1 is 1.24 bits per heavy atom. The third kappa shape index (κ3) is 3.98. The number of benzene rings is 1. The molecule has 0 fully saturated rings. The molecule has 1 aromatic rings. The van der Waals surface area contributed by atoms with Crippen molar-refractivity contribution in [2.45, 2.75) is 39.2 Å². The van der Waals surface area contributed by atoms with Crippen LogP contribution < -0.4 is 16.8 Å². The van der Waals surface area contributed by atoms with Gasteiger partial charge in [0, 0.05) is 23.0 Å². The fourth-order valence-corrected chi connectivity index (χ4v) is 1.80. The van der Waals surface area contributed by atoms with Gasteiger partial charge in [0.2, 0.25) is 0 Å². The predicted octanol–water partition coefficient (Wildman–Crippen LogP) is 2.16. The third-order valence-electron chi connectivity index (χ3n) is 2.71. The molecule has 1 unspecified atom stereocenters. The van der Waals surface area contributed by atoms with Gasteiger partial charge in [-0.15, -0.1) is 0 Å². The van der Waals surface area contributed by atoms with Crippen molar-refractivity contribution >= 4 is 17.3 Å². The monoisotopic (exact) mass is 235 g/mol. The maximum atomic E-state index is 12.0. The van der Waals surface area contributed by atoms with E-state index in [9.17, 15) is 4.79 Å². The van der Waals surface area contributed by atoms with Crippen LogP contribution in [0.1, 0.15) is 43.5 Å². The van der Waals surface area contributed by atoms with Gasteiger partial charge >= 0.3 is 0 Å². The van der Waals surface area contributed by atoms with E-state index in [0.29, 0.717) is 16.9 Å². The van der Waals surface area contributed by atoms with Crippen LogP contribution in [0.5, 0.6) is 0 Å². The van der Waals surface area contributed by atoms with E-state index < -0.39 is 0 Å². The number of amides is 1. The Hall–Kier alpha value is -1.71. The summed E-state index contributed by atoms with van der Waals surface area (Å²) in [7, 11) is 0. The highest BCUT2D eigenvalue weighted by Crippen LogP contribution is 2.14. The van der Waals surface area contributed by atoms with Gasteiger partial charge in [-0.25, -0.2) is 0 Å². The number of carbonyl (C=O) groups excluding carboxylic acids is 1. The zero-order chi connectivity index (χ0) is 12.8. The van der Waals surface area contributed by atoms with Crippen LogP contribution in [0.15, 0.2) is 18.2 Å². The van der Waals surface area contributed by atoms with Crippen molar-refractivity contribution in [1.82, 2.24) is 5.32 Å². The summed E-state index contributed by atoms with van der Waals surface area (Å²) in [6, 6.07) is 5.14. The van der Waals surface area contributed by atoms with E-state index in [1.807, 2.05) is 0 Å². The van der Waals surface area contributed by atoms with Gasteiger partial charge in [0.1, 0.15) is 0 Å². The molecule has 0 radical (unpaired) electrons. The van der Waals surface area contributed by atoms with E-state index in [0.717, 1.165) is 19.3 Å². The van der Waals surface area contributed by atoms with Gasteiger partial charge in [0.05, 0.1) is 0 Å². The van der Waals surface area contributed by atoms with Gasteiger partial charge < -0.3 is 16.8 Å². The molecule has 0 saturated carbocycles. The lowest BCUT2D eigenvalue weighted by Crippen LogP contribution is -2.34. The zero-order valence-electron chi connectivity index (χ0n) is 10.5. The van der Waals surface area contributed by atoms with Crippen molar-refractivity contribution in [2.24, 2.45) is 0 Å². The van der Waals surface area contributed by atoms with Crippen LogP contribution in [-0.2, 0) is 0 Å². The molecule has 4 heteroatoms. The Kier molecular flexibility index (Phi) is 4.82. The van der Waals surface area contributed by atoms with Gasteiger partial charge in [-0.1, -0.05) is 20.3 Å². The minimum Gasteiger partial charge on any atom is -0.399 e. The molecule has 5 N–H and O–H groups in total. The van der Waals surface area contributed by atoms with Crippen molar-refractivity contribution in [1.29, 1.82) is 0 Å². The number of nitrogens with two attached hydrogens (primary N) is 2. The first-order chi connectivity index (χ1) is 8.06. The molecular weight excluding hydrogens is 214 g/mol. The summed E-state index contributed by atoms with van der Waals surface area (Å²) in [6.45, 7) is 4.17. The first kappa shape index (κ1) is 13.4. The minimum atomic E-state index is -0.107. The second kappa shape index (κ2) is 6.13. The Labute approximate surface area is 102 Å². The third-order valence-corrected chi connectivity index (χ3v) is 2.71. The number of hydrogen-bond acceptors (Lipinski definition) is 3. The summed E-state index contributed by atoms with van der Waals surface area (Å²) in [5.41, 5.74) is 12.9. The maximum absolute atomic E-state index is 12.0. The molecule has 0 saturated heterocycles. The van der Waals surface area contributed by atoms with Crippen LogP contribution in [0.4, 0.5) is 11.4 Å². The fraction of sp³-hybridized carbons (Fsp3) is 0.462. The number of hydrogen-bond donors (Lipinski definition) is 3. The molecule has 0 spiro atoms. The van der Waals surface area contributed by atoms with Gasteiger partial charge in [-0.3, -0.25) is 4.79 Å². The molecule has 0 aliphatic rings. The molecule has 0 aliphatic heterocycles. The summed E-state index contributed by atoms with van der Waals surface area (Å²) in [5.74, 6) is -0.107. The van der Waals surface area contributed by atoms with Crippen molar-refractivity contribution in [2.75, 3.05) is 11.5 Å². The number of carbonyl (C=O) groups is 1. The van der Waals surface area contributed by atoms with Crippen molar-refractivity contribution in [3.8, 4) is 0 Å². The number of nitrogens with one attached hydrogen (secondary N) is 1. The highest BCUT2D eigenvalue weighted by Gasteiger charge is 2.12. The number of nitrogen functional groups attached to an aromatic ring is 2. The summed E-state index contributed by atoms with van der Waals surface area (Å²) in [5, 5.41) is 2.99. The molecule has 1 rings (SSSR count). The fourth-order valence-electron chi connectivity index (χ4n) is 1.80. The molecule has 4 nitrogen and oxygen atoms in total. The minimum absolute atomic E-state index is 0.107. The number of anilines is 2. The topological polar surface area (TPSA) is 81.1 Å². The van der Waals surface area contributed by atoms with Crippen LogP contribution in [0, 0.1) is 0 Å². The van der Waals surface area contributed by atoms with Crippen molar-refractivity contribution < 1.29 is 4.79 Å². The molecule has 1 aromatic carbocycles. The first-order valence-electron chi connectivity index (χ1n) is 6.03. The molecular formula is C13H21N3O. The molecule has 1 atom stereocenters. The Morgan fingerprint density at radius 3 is 2.29 bits per heavy atom. The second-order valence-corrected chi connectivity index (χ2v) is 4.26. The molecule has 1 amide bonds. The van der Waals surface area contributed by atoms with Gasteiger partial charge in [0.25, 0.3) is 5.91 Å². The van der Waals surface area contributed by atoms with E-state index in [2.05, 4.69) is 19.2 Å². The lowest BCUT2D eigenvalue weighted by molar-refractivity contribution is 0.0934. The van der Waals surface area contributed by atoms with Crippen molar-refractivity contribution in [3.05, 3.63) is 23.8 Å². The van der Waals surface area contributed by atoms with Gasteiger partial charge in [-0.2, -0.15) is 0 Å². The SMILES string of the molecule is CCCC(CC)NC(=O)c1cc(N)cc(N)c1. The lowest BCUT2D eigenvalue weighted by Gasteiger charge is -2.16. The Bertz CT molecular complexity index is 370. The standard InChI is InChI=1S/C13H21N3O/c1-3-5-12(4-2)16-13(17)9-6-10(14)8-11(15)7-9/h6-8,12H,3-5,14-15H2,1-2H3,(H,16,17). The summed E-state index contributed by atoms with van der Waals surface area (Å²) < 4.78 is 0. The van der Waals surface area contributed by atoms with E-state index >= 15 is 0 Å². The summed E-state index contributed by atoms with van der Waals surface area (Å²) in [4.78, 5) is 12.0. The highest BCUT2D eigenvalue weighted by atomic mass is 16.1. The first-order valence-corrected chi connectivity index (χ1v) is 6.03. The normalized spacial score (nSPS) is 12.1. The molecule has 0 bridgehead atoms. The van der Waals surface area contributed by atoms with Crippen LogP contribution in [0.25, 0.3) is 0 Å². The van der Waals surface area contributed by atoms with E-state index in [1.165, 1.54) is 0 Å². The van der Waals surface area contributed by atoms with Gasteiger partial charge in [-0.05, 0) is 31.0 Å². The average Bonchev–Trinajstić information content (AvgIpc) is 2.27. The Balaban J connectivity index is 2.75. The summed E-state index contributed by atoms with van der Waals surface area (Å²) in [6.07, 6.45) is 2.97. The van der Waals surface area contributed by atoms with Crippen molar-refractivity contribution in [3.63, 3.8) is 0 Å².